The highest BCUT2D eigenvalue weighted by Gasteiger charge is 2.16. The molecule has 0 saturated carbocycles. The van der Waals surface area contributed by atoms with Gasteiger partial charge in [0.15, 0.2) is 6.29 Å². The molecule has 0 aliphatic carbocycles. The molecule has 1 aromatic rings. The minimum atomic E-state index is -4.50. The summed E-state index contributed by atoms with van der Waals surface area (Å²) in [5, 5.41) is 11.2. The van der Waals surface area contributed by atoms with E-state index in [2.05, 4.69) is 9.37 Å². The zero-order valence-electron chi connectivity index (χ0n) is 7.56. The second-order valence-electron chi connectivity index (χ2n) is 2.52. The van der Waals surface area contributed by atoms with Crippen molar-refractivity contribution in [3.05, 3.63) is 23.8 Å². The molecule has 0 radical (unpaired) electrons. The van der Waals surface area contributed by atoms with Crippen molar-refractivity contribution in [1.82, 2.24) is 0 Å². The van der Waals surface area contributed by atoms with Crippen molar-refractivity contribution < 1.29 is 32.4 Å². The Bertz CT molecular complexity index is 482. The smallest absolute Gasteiger partial charge is 0.295 e. The van der Waals surface area contributed by atoms with Gasteiger partial charge >= 0.3 is 0 Å². The topological polar surface area (TPSA) is 110 Å². The second kappa shape index (κ2) is 5.39. The van der Waals surface area contributed by atoms with Crippen LogP contribution in [-0.4, -0.2) is 24.5 Å². The number of carbonyl (C=O) groups excluding carboxylic acids is 1. The molecule has 2 N–H and O–H groups in total. The Morgan fingerprint density at radius 3 is 2.56 bits per heavy atom. The normalized spacial score (nSPS) is 11.4. The van der Waals surface area contributed by atoms with Crippen LogP contribution >= 0.6 is 12.0 Å². The fourth-order valence-electron chi connectivity index (χ4n) is 0.942. The average molecular weight is 266 g/mol. The first-order chi connectivity index (χ1) is 7.49. The van der Waals surface area contributed by atoms with Crippen LogP contribution in [0.4, 0.5) is 0 Å². The first-order valence-corrected chi connectivity index (χ1v) is 5.88. The Labute approximate surface area is 94.8 Å². The maximum Gasteiger partial charge on any atom is 0.295 e. The first-order valence-electron chi connectivity index (χ1n) is 3.70. The Balaban J connectivity index is 3.17. The summed E-state index contributed by atoms with van der Waals surface area (Å²) in [5.41, 5.74) is -0.184. The van der Waals surface area contributed by atoms with Gasteiger partial charge in [-0.15, -0.1) is 4.33 Å². The zero-order valence-corrected chi connectivity index (χ0v) is 9.19. The van der Waals surface area contributed by atoms with Crippen molar-refractivity contribution in [2.75, 3.05) is 0 Å². The number of aldehydes is 1. The third-order valence-electron chi connectivity index (χ3n) is 1.55. The molecule has 0 aromatic heterocycles. The summed E-state index contributed by atoms with van der Waals surface area (Å²) in [6.07, 6.45) is 0.293. The third kappa shape index (κ3) is 3.27. The predicted molar refractivity (Wildman–Crippen MR) is 52.3 cm³/mol. The lowest BCUT2D eigenvalue weighted by atomic mass is 10.2. The van der Waals surface area contributed by atoms with Gasteiger partial charge in [-0.3, -0.25) is 9.35 Å². The largest absolute Gasteiger partial charge is 0.298 e. The van der Waals surface area contributed by atoms with Crippen LogP contribution in [0.25, 0.3) is 0 Å². The number of hydrogen-bond acceptors (Lipinski definition) is 7. The Kier molecular flexibility index (Phi) is 4.41. The molecule has 0 aliphatic rings. The SMILES string of the molecule is O=Cc1ccc(SOOO)cc1S(=O)(=O)O. The van der Waals surface area contributed by atoms with E-state index in [1.54, 1.807) is 0 Å². The van der Waals surface area contributed by atoms with E-state index < -0.39 is 15.0 Å². The molecule has 0 unspecified atom stereocenters. The van der Waals surface area contributed by atoms with Crippen LogP contribution in [0.3, 0.4) is 0 Å². The minimum absolute atomic E-state index is 0.184. The number of benzene rings is 1. The van der Waals surface area contributed by atoms with E-state index in [9.17, 15) is 13.2 Å². The summed E-state index contributed by atoms with van der Waals surface area (Å²) in [5.74, 6) is 0. The van der Waals surface area contributed by atoms with Crippen LogP contribution in [0, 0.1) is 0 Å². The lowest BCUT2D eigenvalue weighted by Crippen LogP contribution is -2.02. The Hall–Kier alpha value is -0.970. The van der Waals surface area contributed by atoms with Crippen LogP contribution in [0.5, 0.6) is 0 Å². The molecule has 0 heterocycles. The fraction of sp³-hybridized carbons (Fsp3) is 0. The van der Waals surface area contributed by atoms with Crippen molar-refractivity contribution in [1.29, 1.82) is 0 Å². The van der Waals surface area contributed by atoms with Gasteiger partial charge in [-0.2, -0.15) is 8.42 Å². The number of rotatable bonds is 5. The van der Waals surface area contributed by atoms with Crippen LogP contribution in [0.2, 0.25) is 0 Å². The fourth-order valence-corrected chi connectivity index (χ4v) is 2.10. The van der Waals surface area contributed by atoms with Gasteiger partial charge in [0.05, 0.1) is 12.0 Å². The third-order valence-corrected chi connectivity index (χ3v) is 3.04. The van der Waals surface area contributed by atoms with E-state index in [0.29, 0.717) is 18.3 Å². The standard InChI is InChI=1S/C7H6O7S2/c8-4-5-1-2-6(15-14-13-9)3-7(5)16(10,11)12/h1-4,9H,(H,10,11,12). The molecular weight excluding hydrogens is 260 g/mol. The zero-order chi connectivity index (χ0) is 12.2. The van der Waals surface area contributed by atoms with Crippen molar-refractivity contribution in [2.24, 2.45) is 0 Å². The van der Waals surface area contributed by atoms with Crippen LogP contribution in [0.15, 0.2) is 28.0 Å². The summed E-state index contributed by atoms with van der Waals surface area (Å²) in [7, 11) is -4.50. The lowest BCUT2D eigenvalue weighted by molar-refractivity contribution is -0.432. The minimum Gasteiger partial charge on any atom is -0.298 e. The monoisotopic (exact) mass is 266 g/mol. The molecule has 0 bridgehead atoms. The summed E-state index contributed by atoms with van der Waals surface area (Å²) in [6.45, 7) is 0. The van der Waals surface area contributed by atoms with Gasteiger partial charge in [0.1, 0.15) is 4.90 Å². The molecule has 9 heteroatoms. The van der Waals surface area contributed by atoms with Crippen LogP contribution < -0.4 is 0 Å². The maximum atomic E-state index is 10.9. The number of carbonyl (C=O) groups is 1. The van der Waals surface area contributed by atoms with Crippen LogP contribution in [-0.2, 0) is 19.5 Å². The average Bonchev–Trinajstić information content (AvgIpc) is 2.24. The number of hydrogen-bond donors (Lipinski definition) is 2. The van der Waals surface area contributed by atoms with Gasteiger partial charge in [-0.05, 0) is 18.2 Å². The molecule has 88 valence electrons. The van der Waals surface area contributed by atoms with Crippen molar-refractivity contribution >= 4 is 28.4 Å². The van der Waals surface area contributed by atoms with E-state index in [1.165, 1.54) is 12.1 Å². The van der Waals surface area contributed by atoms with E-state index in [-0.39, 0.29) is 10.5 Å². The lowest BCUT2D eigenvalue weighted by Gasteiger charge is -2.03. The highest BCUT2D eigenvalue weighted by Crippen LogP contribution is 2.24. The van der Waals surface area contributed by atoms with Gasteiger partial charge in [0, 0.05) is 10.5 Å². The van der Waals surface area contributed by atoms with Crippen molar-refractivity contribution in [3.8, 4) is 0 Å². The molecule has 0 saturated heterocycles. The van der Waals surface area contributed by atoms with E-state index in [0.717, 1.165) is 6.07 Å². The molecule has 1 rings (SSSR count). The highest BCUT2D eigenvalue weighted by atomic mass is 32.2. The van der Waals surface area contributed by atoms with Crippen molar-refractivity contribution in [3.63, 3.8) is 0 Å². The van der Waals surface area contributed by atoms with E-state index in [4.69, 9.17) is 9.81 Å². The molecule has 7 nitrogen and oxygen atoms in total. The maximum absolute atomic E-state index is 10.9. The molecule has 0 atom stereocenters. The summed E-state index contributed by atoms with van der Waals surface area (Å²) >= 11 is 0.506. The van der Waals surface area contributed by atoms with Crippen LogP contribution in [0.1, 0.15) is 10.4 Å². The molecular formula is C7H6O7S2. The van der Waals surface area contributed by atoms with Gasteiger partial charge in [-0.25, -0.2) is 5.26 Å². The summed E-state index contributed by atoms with van der Waals surface area (Å²) < 4.78 is 34.7. The molecule has 16 heavy (non-hydrogen) atoms. The Morgan fingerprint density at radius 1 is 1.38 bits per heavy atom. The second-order valence-corrected chi connectivity index (χ2v) is 4.68. The molecule has 1 aromatic carbocycles. The highest BCUT2D eigenvalue weighted by molar-refractivity contribution is 7.94. The summed E-state index contributed by atoms with van der Waals surface area (Å²) in [4.78, 5) is 10.2. The first kappa shape index (κ1) is 13.1. The molecule has 0 aliphatic heterocycles. The Morgan fingerprint density at radius 2 is 2.06 bits per heavy atom. The van der Waals surface area contributed by atoms with E-state index in [1.807, 2.05) is 0 Å². The van der Waals surface area contributed by atoms with Crippen molar-refractivity contribution in [2.45, 2.75) is 9.79 Å². The van der Waals surface area contributed by atoms with E-state index >= 15 is 0 Å². The predicted octanol–water partition coefficient (Wildman–Crippen LogP) is 1.17. The molecule has 0 amide bonds. The van der Waals surface area contributed by atoms with Gasteiger partial charge < -0.3 is 0 Å². The quantitative estimate of drug-likeness (QED) is 0.269. The van der Waals surface area contributed by atoms with Gasteiger partial charge in [0.25, 0.3) is 10.1 Å². The van der Waals surface area contributed by atoms with Gasteiger partial charge in [-0.1, -0.05) is 5.04 Å². The van der Waals surface area contributed by atoms with Gasteiger partial charge in [0.2, 0.25) is 0 Å². The molecule has 0 fully saturated rings. The summed E-state index contributed by atoms with van der Waals surface area (Å²) in [6, 6.07) is 3.53. The molecule has 0 spiro atoms.